The lowest BCUT2D eigenvalue weighted by Gasteiger charge is -2.25. The van der Waals surface area contributed by atoms with Crippen molar-refractivity contribution in [2.45, 2.75) is 6.54 Å². The maximum absolute atomic E-state index is 12.5. The molecule has 23 heavy (non-hydrogen) atoms. The summed E-state index contributed by atoms with van der Waals surface area (Å²) < 4.78 is 0. The molecule has 3 aromatic rings. The number of fused-ring (bicyclic) bond motifs is 1. The minimum Gasteiger partial charge on any atom is -0.354 e. The lowest BCUT2D eigenvalue weighted by atomic mass is 10.2. The molecule has 1 amide bonds. The Kier molecular flexibility index (Phi) is 3.72. The third kappa shape index (κ3) is 2.80. The lowest BCUT2D eigenvalue weighted by molar-refractivity contribution is -0.124. The molecule has 6 nitrogen and oxygen atoms in total. The van der Waals surface area contributed by atoms with Crippen molar-refractivity contribution in [2.75, 3.05) is 19.6 Å². The number of hydrogen-bond donors (Lipinski definition) is 2. The van der Waals surface area contributed by atoms with Gasteiger partial charge in [-0.2, -0.15) is 0 Å². The fourth-order valence-corrected chi connectivity index (χ4v) is 4.50. The third-order valence-corrected chi connectivity index (χ3v) is 5.55. The zero-order chi connectivity index (χ0) is 15.8. The molecule has 118 valence electrons. The monoisotopic (exact) mass is 346 g/mol. The number of nitrogens with one attached hydrogen (secondary N) is 2. The van der Waals surface area contributed by atoms with Gasteiger partial charge in [-0.05, 0) is 11.4 Å². The molecule has 0 atom stereocenters. The van der Waals surface area contributed by atoms with Gasteiger partial charge in [0.1, 0.15) is 10.7 Å². The highest BCUT2D eigenvalue weighted by molar-refractivity contribution is 7.18. The van der Waals surface area contributed by atoms with Crippen LogP contribution in [0.2, 0.25) is 0 Å². The third-order valence-electron chi connectivity index (χ3n) is 3.77. The maximum atomic E-state index is 12.5. The fourth-order valence-electron chi connectivity index (χ4n) is 2.72. The van der Waals surface area contributed by atoms with Crippen LogP contribution in [0, 0.1) is 0 Å². The number of nitrogens with zero attached hydrogens (tertiary/aromatic N) is 2. The molecule has 1 aliphatic heterocycles. The number of thiophene rings is 2. The van der Waals surface area contributed by atoms with E-state index >= 15 is 0 Å². The van der Waals surface area contributed by atoms with E-state index in [0.717, 1.165) is 21.8 Å². The van der Waals surface area contributed by atoms with Gasteiger partial charge in [0.2, 0.25) is 5.91 Å². The van der Waals surface area contributed by atoms with Crippen LogP contribution in [0.15, 0.2) is 27.7 Å². The topological polar surface area (TPSA) is 78.1 Å². The lowest BCUT2D eigenvalue weighted by Crippen LogP contribution is -2.47. The van der Waals surface area contributed by atoms with E-state index in [1.54, 1.807) is 11.3 Å². The quantitative estimate of drug-likeness (QED) is 0.756. The van der Waals surface area contributed by atoms with E-state index in [9.17, 15) is 9.59 Å². The Morgan fingerprint density at radius 2 is 2.22 bits per heavy atom. The second-order valence-corrected chi connectivity index (χ2v) is 7.19. The highest BCUT2D eigenvalue weighted by Gasteiger charge is 2.18. The summed E-state index contributed by atoms with van der Waals surface area (Å²) in [5.74, 6) is 0.618. The highest BCUT2D eigenvalue weighted by atomic mass is 32.1. The van der Waals surface area contributed by atoms with E-state index in [1.807, 2.05) is 27.8 Å². The van der Waals surface area contributed by atoms with Crippen LogP contribution in [0.5, 0.6) is 0 Å². The Balaban J connectivity index is 1.68. The molecule has 1 aliphatic rings. The summed E-state index contributed by atoms with van der Waals surface area (Å²) in [6.45, 7) is 2.21. The van der Waals surface area contributed by atoms with Crippen molar-refractivity contribution in [3.63, 3.8) is 0 Å². The van der Waals surface area contributed by atoms with Gasteiger partial charge in [0, 0.05) is 28.9 Å². The summed E-state index contributed by atoms with van der Waals surface area (Å²) in [6, 6.07) is 3.98. The molecule has 3 aromatic heterocycles. The van der Waals surface area contributed by atoms with Crippen molar-refractivity contribution in [3.05, 3.63) is 39.1 Å². The first kappa shape index (κ1) is 14.6. The average Bonchev–Trinajstić information content (AvgIpc) is 3.15. The molecule has 2 N–H and O–H groups in total. The Morgan fingerprint density at radius 1 is 1.30 bits per heavy atom. The van der Waals surface area contributed by atoms with Crippen molar-refractivity contribution in [3.8, 4) is 10.4 Å². The number of hydrogen-bond acceptors (Lipinski definition) is 6. The first-order valence-corrected chi connectivity index (χ1v) is 9.00. The van der Waals surface area contributed by atoms with Crippen molar-refractivity contribution < 1.29 is 4.79 Å². The van der Waals surface area contributed by atoms with Gasteiger partial charge in [0.15, 0.2) is 0 Å². The summed E-state index contributed by atoms with van der Waals surface area (Å²) in [4.78, 5) is 35.2. The summed E-state index contributed by atoms with van der Waals surface area (Å²) in [5.41, 5.74) is 0.828. The van der Waals surface area contributed by atoms with Crippen LogP contribution in [-0.4, -0.2) is 40.4 Å². The zero-order valence-corrected chi connectivity index (χ0v) is 13.8. The number of piperazine rings is 1. The molecule has 0 unspecified atom stereocenters. The molecule has 0 aromatic carbocycles. The van der Waals surface area contributed by atoms with Crippen LogP contribution in [0.25, 0.3) is 20.7 Å². The van der Waals surface area contributed by atoms with E-state index in [-0.39, 0.29) is 11.5 Å². The molecular weight excluding hydrogens is 332 g/mol. The summed E-state index contributed by atoms with van der Waals surface area (Å²) in [5, 5.41) is 7.42. The highest BCUT2D eigenvalue weighted by Crippen LogP contribution is 2.33. The Labute approximate surface area is 139 Å². The molecule has 0 aliphatic carbocycles. The van der Waals surface area contributed by atoms with Crippen molar-refractivity contribution in [1.29, 1.82) is 0 Å². The van der Waals surface area contributed by atoms with Gasteiger partial charge in [-0.25, -0.2) is 4.98 Å². The number of H-pyrrole nitrogens is 1. The average molecular weight is 346 g/mol. The molecule has 0 radical (unpaired) electrons. The maximum Gasteiger partial charge on any atom is 0.260 e. The van der Waals surface area contributed by atoms with Gasteiger partial charge >= 0.3 is 0 Å². The predicted molar refractivity (Wildman–Crippen MR) is 91.8 cm³/mol. The molecular formula is C15H14N4O2S2. The normalized spacial score (nSPS) is 15.9. The van der Waals surface area contributed by atoms with E-state index < -0.39 is 0 Å². The number of carbonyl (C=O) groups is 1. The second kappa shape index (κ2) is 5.88. The van der Waals surface area contributed by atoms with Gasteiger partial charge < -0.3 is 10.3 Å². The van der Waals surface area contributed by atoms with Crippen LogP contribution in [0.3, 0.4) is 0 Å². The van der Waals surface area contributed by atoms with Crippen LogP contribution >= 0.6 is 22.7 Å². The van der Waals surface area contributed by atoms with Crippen LogP contribution < -0.4 is 10.9 Å². The van der Waals surface area contributed by atoms with E-state index in [1.165, 1.54) is 11.3 Å². The molecule has 0 spiro atoms. The van der Waals surface area contributed by atoms with Crippen molar-refractivity contribution >= 4 is 38.8 Å². The number of carbonyl (C=O) groups excluding carboxylic acids is 1. The second-order valence-electron chi connectivity index (χ2n) is 5.38. The van der Waals surface area contributed by atoms with E-state index in [0.29, 0.717) is 30.8 Å². The number of amides is 1. The molecule has 1 saturated heterocycles. The van der Waals surface area contributed by atoms with E-state index in [4.69, 9.17) is 0 Å². The fraction of sp³-hybridized carbons (Fsp3) is 0.267. The molecule has 4 rings (SSSR count). The zero-order valence-electron chi connectivity index (χ0n) is 12.2. The SMILES string of the molecule is O=C1CN(Cc2nc3scc(-c4cccs4)c3c(=O)[nH]2)CCN1. The Bertz CT molecular complexity index is 913. The number of aromatic nitrogens is 2. The standard InChI is InChI=1S/C15H14N4O2S2/c20-12-7-19(4-3-16-12)6-11-17-14(21)13-9(8-23-15(13)18-11)10-2-1-5-22-10/h1-2,5,8H,3-4,6-7H2,(H,16,20)(H,17,18,21). The smallest absolute Gasteiger partial charge is 0.260 e. The number of rotatable bonds is 3. The van der Waals surface area contributed by atoms with Crippen molar-refractivity contribution in [2.24, 2.45) is 0 Å². The molecule has 0 saturated carbocycles. The summed E-state index contributed by atoms with van der Waals surface area (Å²) >= 11 is 3.09. The summed E-state index contributed by atoms with van der Waals surface area (Å²) in [6.07, 6.45) is 0. The van der Waals surface area contributed by atoms with Crippen LogP contribution in [0.4, 0.5) is 0 Å². The molecule has 1 fully saturated rings. The van der Waals surface area contributed by atoms with Gasteiger partial charge in [-0.15, -0.1) is 22.7 Å². The minimum absolute atomic E-state index is 0.00998. The van der Waals surface area contributed by atoms with Crippen molar-refractivity contribution in [1.82, 2.24) is 20.2 Å². The number of aromatic amines is 1. The molecule has 4 heterocycles. The Hall–Kier alpha value is -2.03. The van der Waals surface area contributed by atoms with Gasteiger partial charge in [0.05, 0.1) is 18.5 Å². The van der Waals surface area contributed by atoms with E-state index in [2.05, 4.69) is 15.3 Å². The van der Waals surface area contributed by atoms with Crippen LogP contribution in [-0.2, 0) is 11.3 Å². The first-order valence-electron chi connectivity index (χ1n) is 7.24. The molecule has 0 bridgehead atoms. The Morgan fingerprint density at radius 3 is 3.00 bits per heavy atom. The predicted octanol–water partition coefficient (Wildman–Crippen LogP) is 1.64. The van der Waals surface area contributed by atoms with Gasteiger partial charge in [-0.3, -0.25) is 14.5 Å². The minimum atomic E-state index is -0.115. The molecule has 8 heteroatoms. The first-order chi connectivity index (χ1) is 11.2. The van der Waals surface area contributed by atoms with Gasteiger partial charge in [-0.1, -0.05) is 6.07 Å². The van der Waals surface area contributed by atoms with Crippen LogP contribution in [0.1, 0.15) is 5.82 Å². The largest absolute Gasteiger partial charge is 0.354 e. The van der Waals surface area contributed by atoms with Gasteiger partial charge in [0.25, 0.3) is 5.56 Å². The summed E-state index contributed by atoms with van der Waals surface area (Å²) in [7, 11) is 0.